The van der Waals surface area contributed by atoms with E-state index in [1.807, 2.05) is 60.1 Å². The summed E-state index contributed by atoms with van der Waals surface area (Å²) in [5.41, 5.74) is 2.87. The molecule has 0 radical (unpaired) electrons. The van der Waals surface area contributed by atoms with E-state index in [0.29, 0.717) is 22.5 Å². The highest BCUT2D eigenvalue weighted by atomic mass is 127. The Kier molecular flexibility index (Phi) is 5.42. The molecule has 1 atom stereocenters. The van der Waals surface area contributed by atoms with Gasteiger partial charge in [0.25, 0.3) is 0 Å². The molecule has 0 spiro atoms. The summed E-state index contributed by atoms with van der Waals surface area (Å²) in [7, 11) is 1.31. The van der Waals surface area contributed by atoms with Gasteiger partial charge in [-0.1, -0.05) is 30.3 Å². The van der Waals surface area contributed by atoms with Crippen LogP contribution in [0.25, 0.3) is 0 Å². The van der Waals surface area contributed by atoms with E-state index in [0.717, 1.165) is 5.56 Å². The molecule has 0 fully saturated rings. The molecule has 2 N–H and O–H groups in total. The van der Waals surface area contributed by atoms with Crippen LogP contribution in [0, 0.1) is 0 Å². The fraction of sp³-hybridized carbons (Fsp3) is 0.250. The van der Waals surface area contributed by atoms with Crippen molar-refractivity contribution in [3.05, 3.63) is 58.4 Å². The van der Waals surface area contributed by atoms with E-state index in [1.165, 1.54) is 7.11 Å². The summed E-state index contributed by atoms with van der Waals surface area (Å²) in [5.74, 6) is 3.34. The average molecular weight is 428 g/mol. The molecule has 1 aliphatic heterocycles. The Balaban J connectivity index is 2.74. The number of rotatable bonds is 3. The number of allylic oxidation sites excluding steroid dienone is 2. The van der Waals surface area contributed by atoms with Crippen LogP contribution in [0.15, 0.2) is 52.9 Å². The van der Waals surface area contributed by atoms with Gasteiger partial charge in [0.1, 0.15) is 0 Å². The first-order chi connectivity index (χ1) is 10.9. The normalized spacial score (nSPS) is 18.1. The summed E-state index contributed by atoms with van der Waals surface area (Å²) in [6.45, 7) is 3.59. The maximum atomic E-state index is 12.4. The standard InChI is InChI=1S/C16H17IN2O4/c1-9-12(15(20)22-3)14(11-7-5-4-6-8-11)13(16(21)23-18)10(2)19(9)17/h4-8,14H,18H2,1-3H3. The van der Waals surface area contributed by atoms with Gasteiger partial charge in [0.15, 0.2) is 0 Å². The molecule has 0 amide bonds. The number of hydrogen-bond donors (Lipinski definition) is 1. The Morgan fingerprint density at radius 2 is 1.61 bits per heavy atom. The number of carbonyl (C=O) groups is 2. The molecule has 0 saturated carbocycles. The van der Waals surface area contributed by atoms with Crippen LogP contribution >= 0.6 is 22.9 Å². The van der Waals surface area contributed by atoms with E-state index in [-0.39, 0.29) is 0 Å². The smallest absolute Gasteiger partial charge is 0.355 e. The Bertz CT molecular complexity index is 657. The van der Waals surface area contributed by atoms with Crippen molar-refractivity contribution in [3.63, 3.8) is 0 Å². The number of carbonyl (C=O) groups excluding carboxylic acids is 2. The van der Waals surface area contributed by atoms with Gasteiger partial charge in [0.2, 0.25) is 0 Å². The zero-order valence-electron chi connectivity index (χ0n) is 13.0. The quantitative estimate of drug-likeness (QED) is 0.345. The van der Waals surface area contributed by atoms with Gasteiger partial charge in [-0.25, -0.2) is 9.59 Å². The summed E-state index contributed by atoms with van der Waals surface area (Å²) >= 11 is 2.03. The molecule has 122 valence electrons. The number of halogens is 1. The van der Waals surface area contributed by atoms with Crippen molar-refractivity contribution in [1.29, 1.82) is 0 Å². The molecule has 0 bridgehead atoms. The van der Waals surface area contributed by atoms with Crippen molar-refractivity contribution in [2.24, 2.45) is 5.90 Å². The van der Waals surface area contributed by atoms with Crippen LogP contribution in [-0.2, 0) is 19.2 Å². The molecule has 1 aliphatic rings. The zero-order valence-corrected chi connectivity index (χ0v) is 15.2. The average Bonchev–Trinajstić information content (AvgIpc) is 2.58. The van der Waals surface area contributed by atoms with Gasteiger partial charge in [-0.2, -0.15) is 5.90 Å². The van der Waals surface area contributed by atoms with E-state index in [2.05, 4.69) is 4.84 Å². The Morgan fingerprint density at radius 3 is 2.09 bits per heavy atom. The van der Waals surface area contributed by atoms with Crippen molar-refractivity contribution in [3.8, 4) is 0 Å². The second-order valence-electron chi connectivity index (χ2n) is 5.02. The summed E-state index contributed by atoms with van der Waals surface area (Å²) in [6.07, 6.45) is 0. The zero-order chi connectivity index (χ0) is 17.1. The summed E-state index contributed by atoms with van der Waals surface area (Å²) < 4.78 is 6.66. The number of nitrogens with zero attached hydrogens (tertiary/aromatic N) is 1. The lowest BCUT2D eigenvalue weighted by Crippen LogP contribution is -2.32. The predicted octanol–water partition coefficient (Wildman–Crippen LogP) is 2.57. The molecule has 0 aromatic heterocycles. The fourth-order valence-electron chi connectivity index (χ4n) is 2.71. The summed E-state index contributed by atoms with van der Waals surface area (Å²) in [6, 6.07) is 9.25. The largest absolute Gasteiger partial charge is 0.466 e. The Hall–Kier alpha value is -1.87. The van der Waals surface area contributed by atoms with Gasteiger partial charge in [-0.15, -0.1) is 0 Å². The molecule has 1 unspecified atom stereocenters. The topological polar surface area (TPSA) is 81.9 Å². The van der Waals surface area contributed by atoms with Crippen LogP contribution < -0.4 is 5.90 Å². The van der Waals surface area contributed by atoms with Gasteiger partial charge in [-0.3, -0.25) is 3.11 Å². The van der Waals surface area contributed by atoms with Crippen LogP contribution in [0.3, 0.4) is 0 Å². The first-order valence-electron chi connectivity index (χ1n) is 6.85. The molecule has 0 saturated heterocycles. The van der Waals surface area contributed by atoms with Gasteiger partial charge in [0.05, 0.1) is 47.0 Å². The maximum absolute atomic E-state index is 12.4. The molecule has 1 heterocycles. The van der Waals surface area contributed by atoms with Crippen LogP contribution in [0.2, 0.25) is 0 Å². The Morgan fingerprint density at radius 1 is 1.09 bits per heavy atom. The first-order valence-corrected chi connectivity index (χ1v) is 7.82. The van der Waals surface area contributed by atoms with Crippen LogP contribution in [-0.4, -0.2) is 22.2 Å². The number of benzene rings is 1. The highest BCUT2D eigenvalue weighted by Gasteiger charge is 2.39. The SMILES string of the molecule is COC(=O)C1=C(C)N(I)C(C)=C(C(=O)ON)C1c1ccccc1. The second kappa shape index (κ2) is 7.14. The lowest BCUT2D eigenvalue weighted by atomic mass is 9.80. The fourth-order valence-corrected chi connectivity index (χ4v) is 3.23. The van der Waals surface area contributed by atoms with Crippen molar-refractivity contribution in [2.75, 3.05) is 7.11 Å². The summed E-state index contributed by atoms with van der Waals surface area (Å²) in [4.78, 5) is 29.1. The van der Waals surface area contributed by atoms with Gasteiger partial charge < -0.3 is 9.57 Å². The van der Waals surface area contributed by atoms with E-state index < -0.39 is 17.9 Å². The number of esters is 1. The third-order valence-corrected chi connectivity index (χ3v) is 5.26. The minimum Gasteiger partial charge on any atom is -0.466 e. The van der Waals surface area contributed by atoms with Crippen LogP contribution in [0.5, 0.6) is 0 Å². The third kappa shape index (κ3) is 3.11. The first kappa shape index (κ1) is 17.5. The molecule has 6 nitrogen and oxygen atoms in total. The highest BCUT2D eigenvalue weighted by molar-refractivity contribution is 14.1. The van der Waals surface area contributed by atoms with E-state index in [9.17, 15) is 9.59 Å². The van der Waals surface area contributed by atoms with E-state index >= 15 is 0 Å². The third-order valence-electron chi connectivity index (χ3n) is 3.81. The number of nitrogens with two attached hydrogens (primary N) is 1. The lowest BCUT2D eigenvalue weighted by molar-refractivity contribution is -0.140. The number of ether oxygens (including phenoxy) is 1. The van der Waals surface area contributed by atoms with Crippen molar-refractivity contribution >= 4 is 34.8 Å². The molecular formula is C16H17IN2O4. The van der Waals surface area contributed by atoms with E-state index in [1.54, 1.807) is 10.0 Å². The van der Waals surface area contributed by atoms with Gasteiger partial charge in [0, 0.05) is 11.4 Å². The molecule has 2 rings (SSSR count). The minimum absolute atomic E-state index is 0.319. The van der Waals surface area contributed by atoms with Crippen molar-refractivity contribution in [2.45, 2.75) is 19.8 Å². The van der Waals surface area contributed by atoms with Gasteiger partial charge >= 0.3 is 11.9 Å². The molecular weight excluding hydrogens is 411 g/mol. The highest BCUT2D eigenvalue weighted by Crippen LogP contribution is 2.43. The van der Waals surface area contributed by atoms with Crippen LogP contribution in [0.1, 0.15) is 25.3 Å². The lowest BCUT2D eigenvalue weighted by Gasteiger charge is -2.33. The van der Waals surface area contributed by atoms with Crippen molar-refractivity contribution in [1.82, 2.24) is 3.11 Å². The van der Waals surface area contributed by atoms with Crippen LogP contribution in [0.4, 0.5) is 0 Å². The molecule has 1 aromatic carbocycles. The summed E-state index contributed by atoms with van der Waals surface area (Å²) in [5, 5.41) is 0. The molecule has 1 aromatic rings. The van der Waals surface area contributed by atoms with E-state index in [4.69, 9.17) is 10.6 Å². The monoisotopic (exact) mass is 428 g/mol. The number of hydrogen-bond acceptors (Lipinski definition) is 6. The minimum atomic E-state index is -0.674. The van der Waals surface area contributed by atoms with Gasteiger partial charge in [-0.05, 0) is 19.4 Å². The van der Waals surface area contributed by atoms with Crippen molar-refractivity contribution < 1.29 is 19.2 Å². The number of methoxy groups -OCH3 is 1. The predicted molar refractivity (Wildman–Crippen MR) is 92.7 cm³/mol. The molecule has 7 heteroatoms. The Labute approximate surface area is 148 Å². The molecule has 0 aliphatic carbocycles. The second-order valence-corrected chi connectivity index (χ2v) is 5.98. The maximum Gasteiger partial charge on any atom is 0.355 e. The molecule has 23 heavy (non-hydrogen) atoms.